The molecule has 1 heterocycles. The van der Waals surface area contributed by atoms with Gasteiger partial charge in [-0.1, -0.05) is 12.1 Å². The van der Waals surface area contributed by atoms with Gasteiger partial charge in [0.25, 0.3) is 0 Å². The minimum absolute atomic E-state index is 0.0617. The molecule has 1 N–H and O–H groups in total. The summed E-state index contributed by atoms with van der Waals surface area (Å²) in [6.07, 6.45) is -4.53. The number of methoxy groups -OCH3 is 1. The van der Waals surface area contributed by atoms with Gasteiger partial charge in [-0.05, 0) is 30.3 Å². The third-order valence-corrected chi connectivity index (χ3v) is 3.83. The van der Waals surface area contributed by atoms with Crippen LogP contribution in [0.5, 0.6) is 5.75 Å². The third-order valence-electron chi connectivity index (χ3n) is 3.83. The van der Waals surface area contributed by atoms with Crippen LogP contribution in [0.15, 0.2) is 51.7 Å². The number of halogens is 3. The maximum atomic E-state index is 13.0. The van der Waals surface area contributed by atoms with Gasteiger partial charge in [-0.25, -0.2) is 0 Å². The molecule has 0 atom stereocenters. The molecule has 27 heavy (non-hydrogen) atoms. The van der Waals surface area contributed by atoms with Crippen LogP contribution in [0.3, 0.4) is 0 Å². The van der Waals surface area contributed by atoms with E-state index in [4.69, 9.17) is 9.15 Å². The van der Waals surface area contributed by atoms with E-state index in [0.717, 1.165) is 12.1 Å². The number of alkyl halides is 3. The fraction of sp³-hybridized carbons (Fsp3) is 0.158. The van der Waals surface area contributed by atoms with Gasteiger partial charge in [-0.2, -0.15) is 13.2 Å². The normalized spacial score (nSPS) is 11.4. The Labute approximate surface area is 151 Å². The first-order chi connectivity index (χ1) is 12.7. The molecule has 0 saturated heterocycles. The van der Waals surface area contributed by atoms with Gasteiger partial charge >= 0.3 is 6.18 Å². The Bertz CT molecular complexity index is 1090. The molecule has 1 aromatic heterocycles. The molecule has 3 rings (SSSR count). The monoisotopic (exact) mass is 377 g/mol. The smallest absolute Gasteiger partial charge is 0.416 e. The van der Waals surface area contributed by atoms with Gasteiger partial charge in [0, 0.05) is 18.2 Å². The summed E-state index contributed by atoms with van der Waals surface area (Å²) in [7, 11) is 1.23. The highest BCUT2D eigenvalue weighted by Gasteiger charge is 2.31. The predicted molar refractivity (Wildman–Crippen MR) is 93.8 cm³/mol. The fourth-order valence-electron chi connectivity index (χ4n) is 2.67. The van der Waals surface area contributed by atoms with Gasteiger partial charge < -0.3 is 14.5 Å². The number of fused-ring (bicyclic) bond motifs is 1. The Morgan fingerprint density at radius 1 is 1.15 bits per heavy atom. The zero-order valence-corrected chi connectivity index (χ0v) is 14.3. The maximum Gasteiger partial charge on any atom is 0.416 e. The van der Waals surface area contributed by atoms with Gasteiger partial charge in [0.1, 0.15) is 5.58 Å². The second-order valence-corrected chi connectivity index (χ2v) is 5.76. The SMILES string of the molecule is COc1c(-c2cccc(C(F)(F)F)c2)oc2ccc(NC(C)=O)cc2c1=O. The van der Waals surface area contributed by atoms with E-state index in [1.165, 1.54) is 44.4 Å². The largest absolute Gasteiger partial charge is 0.490 e. The lowest BCUT2D eigenvalue weighted by Gasteiger charge is -2.12. The topological polar surface area (TPSA) is 68.5 Å². The van der Waals surface area contributed by atoms with E-state index in [9.17, 15) is 22.8 Å². The summed E-state index contributed by atoms with van der Waals surface area (Å²) in [5.74, 6) is -0.638. The van der Waals surface area contributed by atoms with Crippen molar-refractivity contribution in [1.29, 1.82) is 0 Å². The number of carbonyl (C=O) groups is 1. The molecular weight excluding hydrogens is 363 g/mol. The zero-order valence-electron chi connectivity index (χ0n) is 14.3. The summed E-state index contributed by atoms with van der Waals surface area (Å²) >= 11 is 0. The molecule has 0 saturated carbocycles. The van der Waals surface area contributed by atoms with Crippen LogP contribution in [0.2, 0.25) is 0 Å². The molecule has 0 aliphatic heterocycles. The summed E-state index contributed by atoms with van der Waals surface area (Å²) in [6, 6.07) is 8.83. The number of carbonyl (C=O) groups excluding carboxylic acids is 1. The number of nitrogens with one attached hydrogen (secondary N) is 1. The molecule has 0 aliphatic carbocycles. The van der Waals surface area contributed by atoms with E-state index in [1.807, 2.05) is 0 Å². The number of amides is 1. The van der Waals surface area contributed by atoms with Crippen molar-refractivity contribution in [3.05, 3.63) is 58.3 Å². The van der Waals surface area contributed by atoms with Crippen LogP contribution < -0.4 is 15.5 Å². The third kappa shape index (κ3) is 3.64. The average molecular weight is 377 g/mol. The molecular formula is C19H14F3NO4. The van der Waals surface area contributed by atoms with Crippen LogP contribution in [0, 0.1) is 0 Å². The first-order valence-corrected chi connectivity index (χ1v) is 7.81. The highest BCUT2D eigenvalue weighted by molar-refractivity contribution is 5.92. The van der Waals surface area contributed by atoms with Crippen molar-refractivity contribution in [2.24, 2.45) is 0 Å². The van der Waals surface area contributed by atoms with E-state index in [-0.39, 0.29) is 33.9 Å². The average Bonchev–Trinajstić information content (AvgIpc) is 2.61. The van der Waals surface area contributed by atoms with Crippen molar-refractivity contribution < 1.29 is 27.1 Å². The Morgan fingerprint density at radius 3 is 2.52 bits per heavy atom. The summed E-state index contributed by atoms with van der Waals surface area (Å²) in [5, 5.41) is 2.68. The summed E-state index contributed by atoms with van der Waals surface area (Å²) in [5.41, 5.74) is -0.825. The lowest BCUT2D eigenvalue weighted by molar-refractivity contribution is -0.137. The first-order valence-electron chi connectivity index (χ1n) is 7.81. The molecule has 1 amide bonds. The second-order valence-electron chi connectivity index (χ2n) is 5.76. The summed E-state index contributed by atoms with van der Waals surface area (Å²) < 4.78 is 49.8. The molecule has 0 unspecified atom stereocenters. The molecule has 140 valence electrons. The molecule has 0 spiro atoms. The van der Waals surface area contributed by atoms with Crippen molar-refractivity contribution in [3.8, 4) is 17.1 Å². The Morgan fingerprint density at radius 2 is 1.89 bits per heavy atom. The molecule has 0 bridgehead atoms. The molecule has 8 heteroatoms. The van der Waals surface area contributed by atoms with Gasteiger partial charge in [-0.15, -0.1) is 0 Å². The van der Waals surface area contributed by atoms with E-state index < -0.39 is 17.2 Å². The van der Waals surface area contributed by atoms with Crippen LogP contribution in [0.1, 0.15) is 12.5 Å². The standard InChI is InChI=1S/C19H14F3NO4/c1-10(24)23-13-6-7-15-14(9-13)16(25)18(26-2)17(27-15)11-4-3-5-12(8-11)19(20,21)22/h3-9H,1-2H3,(H,23,24). The molecule has 0 radical (unpaired) electrons. The summed E-state index contributed by atoms with van der Waals surface area (Å²) in [6.45, 7) is 1.32. The Balaban J connectivity index is 2.23. The van der Waals surface area contributed by atoms with Gasteiger partial charge in [0.05, 0.1) is 18.1 Å². The van der Waals surface area contributed by atoms with Gasteiger partial charge in [-0.3, -0.25) is 9.59 Å². The van der Waals surface area contributed by atoms with E-state index in [1.54, 1.807) is 0 Å². The number of hydrogen-bond acceptors (Lipinski definition) is 4. The van der Waals surface area contributed by atoms with Crippen LogP contribution in [0.4, 0.5) is 18.9 Å². The van der Waals surface area contributed by atoms with Crippen LogP contribution in [0.25, 0.3) is 22.3 Å². The quantitative estimate of drug-likeness (QED) is 0.732. The van der Waals surface area contributed by atoms with Gasteiger partial charge in [0.2, 0.25) is 17.1 Å². The first kappa shape index (κ1) is 18.5. The minimum atomic E-state index is -4.53. The lowest BCUT2D eigenvalue weighted by Crippen LogP contribution is -2.10. The summed E-state index contributed by atoms with van der Waals surface area (Å²) in [4.78, 5) is 23.9. The van der Waals surface area contributed by atoms with Crippen LogP contribution in [-0.2, 0) is 11.0 Å². The van der Waals surface area contributed by atoms with Crippen molar-refractivity contribution in [2.45, 2.75) is 13.1 Å². The highest BCUT2D eigenvalue weighted by atomic mass is 19.4. The fourth-order valence-corrected chi connectivity index (χ4v) is 2.67. The van der Waals surface area contributed by atoms with E-state index in [0.29, 0.717) is 5.69 Å². The predicted octanol–water partition coefficient (Wildman–Crippen LogP) is 4.45. The van der Waals surface area contributed by atoms with Crippen LogP contribution >= 0.6 is 0 Å². The van der Waals surface area contributed by atoms with Crippen molar-refractivity contribution in [1.82, 2.24) is 0 Å². The van der Waals surface area contributed by atoms with Crippen LogP contribution in [-0.4, -0.2) is 13.0 Å². The molecule has 3 aromatic rings. The molecule has 0 fully saturated rings. The number of ether oxygens (including phenoxy) is 1. The van der Waals surface area contributed by atoms with Crippen molar-refractivity contribution in [2.75, 3.05) is 12.4 Å². The lowest BCUT2D eigenvalue weighted by atomic mass is 10.1. The number of hydrogen-bond donors (Lipinski definition) is 1. The van der Waals surface area contributed by atoms with Crippen molar-refractivity contribution in [3.63, 3.8) is 0 Å². The van der Waals surface area contributed by atoms with E-state index >= 15 is 0 Å². The van der Waals surface area contributed by atoms with E-state index in [2.05, 4.69) is 5.32 Å². The minimum Gasteiger partial charge on any atom is -0.490 e. The number of anilines is 1. The molecule has 2 aromatic carbocycles. The van der Waals surface area contributed by atoms with Crippen molar-refractivity contribution >= 4 is 22.6 Å². The van der Waals surface area contributed by atoms with Gasteiger partial charge in [0.15, 0.2) is 5.76 Å². The molecule has 0 aliphatic rings. The maximum absolute atomic E-state index is 13.0. The number of rotatable bonds is 3. The second kappa shape index (κ2) is 6.79. The molecule has 5 nitrogen and oxygen atoms in total. The Kier molecular flexibility index (Phi) is 4.65. The highest BCUT2D eigenvalue weighted by Crippen LogP contribution is 2.35. The zero-order chi connectivity index (χ0) is 19.8. The Hall–Kier alpha value is -3.29. The number of benzene rings is 2.